The minimum Gasteiger partial charge on any atom is -0.479 e. The number of amides is 1. The number of β-amino-alcohol motifs (C(OH)–C–C–N with tert-alkyl or cyclic N) is 1. The molecule has 0 saturated carbocycles. The largest absolute Gasteiger partial charge is 0.479 e. The predicted molar refractivity (Wildman–Crippen MR) is 188 cm³/mol. The highest BCUT2D eigenvalue weighted by molar-refractivity contribution is 6.14. The molecule has 268 valence electrons. The molecular weight excluding hydrogens is 578 g/mol. The molecule has 1 amide bonds. The van der Waals surface area contributed by atoms with E-state index in [1.54, 1.807) is 0 Å². The fourth-order valence-corrected chi connectivity index (χ4v) is 7.37. The molecule has 1 aliphatic rings. The number of rotatable bonds is 31. The van der Waals surface area contributed by atoms with E-state index in [0.717, 1.165) is 43.4 Å². The van der Waals surface area contributed by atoms with E-state index >= 15 is 0 Å². The first-order chi connectivity index (χ1) is 22.2. The minimum absolute atomic E-state index is 0.0108. The van der Waals surface area contributed by atoms with Crippen LogP contribution < -0.4 is 0 Å². The summed E-state index contributed by atoms with van der Waals surface area (Å²) in [6, 6.07) is 0. The Labute approximate surface area is 282 Å². The lowest BCUT2D eigenvalue weighted by molar-refractivity contribution is -0.166. The number of unbranched alkanes of at least 4 members (excludes halogenated alkanes) is 24. The van der Waals surface area contributed by atoms with E-state index in [1.165, 1.54) is 122 Å². The van der Waals surface area contributed by atoms with Crippen molar-refractivity contribution in [3.8, 4) is 0 Å². The Morgan fingerprint density at radius 1 is 0.565 bits per heavy atom. The number of carboxylic acid groups (broad SMARTS) is 1. The molecule has 7 nitrogen and oxygen atoms in total. The lowest BCUT2D eigenvalue weighted by atomic mass is 9.74. The summed E-state index contributed by atoms with van der Waals surface area (Å²) in [6.45, 7) is 5.38. The van der Waals surface area contributed by atoms with E-state index in [0.29, 0.717) is 12.8 Å². The van der Waals surface area contributed by atoms with E-state index in [-0.39, 0.29) is 19.4 Å². The Hall–Kier alpha value is -1.76. The maximum absolute atomic E-state index is 13.6. The van der Waals surface area contributed by atoms with Crippen LogP contribution in [0.25, 0.3) is 0 Å². The molecular formula is C39H71NO6. The number of carbonyl (C=O) groups excluding carboxylic acids is 3. The Bertz CT molecular complexity index is 844. The summed E-state index contributed by atoms with van der Waals surface area (Å²) >= 11 is 0. The van der Waals surface area contributed by atoms with Crippen LogP contribution in [-0.4, -0.2) is 56.7 Å². The molecule has 0 aromatic heterocycles. The van der Waals surface area contributed by atoms with Gasteiger partial charge in [0.05, 0.1) is 12.0 Å². The molecule has 2 N–H and O–H groups in total. The second-order valence-corrected chi connectivity index (χ2v) is 14.1. The number of hydrogen-bond donors (Lipinski definition) is 2. The summed E-state index contributed by atoms with van der Waals surface area (Å²) in [6.07, 6.45) is 29.0. The van der Waals surface area contributed by atoms with Crippen molar-refractivity contribution in [2.45, 2.75) is 212 Å². The molecule has 1 heterocycles. The van der Waals surface area contributed by atoms with Gasteiger partial charge in [-0.3, -0.25) is 14.4 Å². The Morgan fingerprint density at radius 2 is 0.891 bits per heavy atom. The number of aliphatic hydroxyl groups excluding tert-OH is 1. The monoisotopic (exact) mass is 650 g/mol. The van der Waals surface area contributed by atoms with Gasteiger partial charge >= 0.3 is 5.97 Å². The van der Waals surface area contributed by atoms with Crippen LogP contribution in [0.1, 0.15) is 201 Å². The number of carbonyl (C=O) groups is 4. The smallest absolute Gasteiger partial charge is 0.338 e. The molecule has 7 heteroatoms. The molecule has 1 saturated heterocycles. The van der Waals surface area contributed by atoms with Crippen molar-refractivity contribution in [2.75, 3.05) is 6.54 Å². The van der Waals surface area contributed by atoms with E-state index in [2.05, 4.69) is 13.8 Å². The molecule has 1 unspecified atom stereocenters. The standard InChI is InChI=1S/C39H71NO6/c1-4-6-8-10-12-14-16-18-20-22-24-26-28-30-34(42)37-35(43)32-40(33(3)41)39(37,38(45)46)36(44)31-29-27-25-23-21-19-17-15-13-11-9-7-5-2/h35,37,43H,4-32H2,1-3H3,(H,45,46)/t35-,37?,39-/m0/s1. The van der Waals surface area contributed by atoms with Crippen molar-refractivity contribution in [2.24, 2.45) is 5.92 Å². The quantitative estimate of drug-likeness (QED) is 0.0571. The topological polar surface area (TPSA) is 112 Å². The van der Waals surface area contributed by atoms with E-state index in [1.807, 2.05) is 0 Å². The number of carboxylic acids is 1. The first-order valence-electron chi connectivity index (χ1n) is 19.5. The number of hydrogen-bond acceptors (Lipinski definition) is 5. The average molecular weight is 650 g/mol. The van der Waals surface area contributed by atoms with Gasteiger partial charge in [0.25, 0.3) is 0 Å². The number of ketones is 2. The van der Waals surface area contributed by atoms with Gasteiger partial charge < -0.3 is 15.1 Å². The van der Waals surface area contributed by atoms with Crippen molar-refractivity contribution in [1.29, 1.82) is 0 Å². The minimum atomic E-state index is -2.31. The maximum Gasteiger partial charge on any atom is 0.338 e. The lowest BCUT2D eigenvalue weighted by Gasteiger charge is -2.36. The Kier molecular flexibility index (Phi) is 24.1. The van der Waals surface area contributed by atoms with Crippen molar-refractivity contribution >= 4 is 23.4 Å². The first kappa shape index (κ1) is 42.3. The fourth-order valence-electron chi connectivity index (χ4n) is 7.37. The van der Waals surface area contributed by atoms with Crippen LogP contribution in [0.5, 0.6) is 0 Å². The average Bonchev–Trinajstić information content (AvgIpc) is 3.36. The van der Waals surface area contributed by atoms with Gasteiger partial charge in [-0.2, -0.15) is 0 Å². The highest BCUT2D eigenvalue weighted by Crippen LogP contribution is 2.40. The second kappa shape index (κ2) is 26.2. The van der Waals surface area contributed by atoms with Crippen LogP contribution in [0.3, 0.4) is 0 Å². The van der Waals surface area contributed by atoms with Crippen LogP contribution >= 0.6 is 0 Å². The number of Topliss-reactive ketones (excluding diaryl/α,β-unsaturated/α-hetero) is 2. The van der Waals surface area contributed by atoms with Crippen LogP contribution in [0.15, 0.2) is 0 Å². The molecule has 0 aromatic carbocycles. The first-order valence-corrected chi connectivity index (χ1v) is 19.5. The normalized spacial score (nSPS) is 19.5. The van der Waals surface area contributed by atoms with E-state index < -0.39 is 41.0 Å². The maximum atomic E-state index is 13.6. The van der Waals surface area contributed by atoms with Crippen LogP contribution in [0.4, 0.5) is 0 Å². The molecule has 0 aliphatic carbocycles. The van der Waals surface area contributed by atoms with Crippen molar-refractivity contribution in [1.82, 2.24) is 4.90 Å². The van der Waals surface area contributed by atoms with Gasteiger partial charge in [-0.05, 0) is 12.8 Å². The van der Waals surface area contributed by atoms with Crippen LogP contribution in [-0.2, 0) is 19.2 Å². The number of aliphatic carboxylic acids is 1. The molecule has 1 aliphatic heterocycles. The Morgan fingerprint density at radius 3 is 1.22 bits per heavy atom. The zero-order valence-electron chi connectivity index (χ0n) is 30.1. The summed E-state index contributed by atoms with van der Waals surface area (Å²) < 4.78 is 0. The molecule has 3 atom stereocenters. The van der Waals surface area contributed by atoms with Gasteiger partial charge in [0.2, 0.25) is 11.4 Å². The Balaban J connectivity index is 2.48. The zero-order chi connectivity index (χ0) is 34.0. The highest BCUT2D eigenvalue weighted by atomic mass is 16.4. The molecule has 0 bridgehead atoms. The van der Waals surface area contributed by atoms with Crippen molar-refractivity contribution in [3.63, 3.8) is 0 Å². The van der Waals surface area contributed by atoms with E-state index in [4.69, 9.17) is 0 Å². The third-order valence-electron chi connectivity index (χ3n) is 10.1. The van der Waals surface area contributed by atoms with Gasteiger partial charge in [0.15, 0.2) is 5.78 Å². The number of likely N-dealkylation sites (tertiary alicyclic amines) is 1. The van der Waals surface area contributed by atoms with Gasteiger partial charge in [-0.25, -0.2) is 4.79 Å². The van der Waals surface area contributed by atoms with Crippen LogP contribution in [0, 0.1) is 5.92 Å². The number of nitrogens with zero attached hydrogens (tertiary/aromatic N) is 1. The molecule has 1 rings (SSSR count). The summed E-state index contributed by atoms with van der Waals surface area (Å²) in [4.78, 5) is 53.3. The fraction of sp³-hybridized carbons (Fsp3) is 0.897. The van der Waals surface area contributed by atoms with E-state index in [9.17, 15) is 29.4 Å². The summed E-state index contributed by atoms with van der Waals surface area (Å²) in [5.74, 6) is -4.56. The molecule has 0 aromatic rings. The highest BCUT2D eigenvalue weighted by Gasteiger charge is 2.66. The van der Waals surface area contributed by atoms with Crippen molar-refractivity contribution < 1.29 is 29.4 Å². The van der Waals surface area contributed by atoms with Gasteiger partial charge in [-0.15, -0.1) is 0 Å². The predicted octanol–water partition coefficient (Wildman–Crippen LogP) is 9.75. The molecule has 1 fully saturated rings. The summed E-state index contributed by atoms with van der Waals surface area (Å²) in [5, 5.41) is 21.3. The third-order valence-corrected chi connectivity index (χ3v) is 10.1. The summed E-state index contributed by atoms with van der Waals surface area (Å²) in [7, 11) is 0. The third kappa shape index (κ3) is 15.4. The van der Waals surface area contributed by atoms with Crippen LogP contribution in [0.2, 0.25) is 0 Å². The van der Waals surface area contributed by atoms with Crippen molar-refractivity contribution in [3.05, 3.63) is 0 Å². The van der Waals surface area contributed by atoms with Gasteiger partial charge in [0, 0.05) is 26.3 Å². The second-order valence-electron chi connectivity index (χ2n) is 14.1. The SMILES string of the molecule is CCCCCCCCCCCCCCCC(=O)C1[C@@H](O)CN(C(C)=O)[C@@]1(C(=O)O)C(=O)CCCCCCCCCCCCCCC. The molecule has 0 radical (unpaired) electrons. The van der Waals surface area contributed by atoms with Gasteiger partial charge in [0.1, 0.15) is 5.78 Å². The van der Waals surface area contributed by atoms with Gasteiger partial charge in [-0.1, -0.05) is 168 Å². The number of aliphatic hydroxyl groups is 1. The zero-order valence-corrected chi connectivity index (χ0v) is 30.1. The molecule has 0 spiro atoms. The summed E-state index contributed by atoms with van der Waals surface area (Å²) in [5.41, 5.74) is -2.31. The molecule has 46 heavy (non-hydrogen) atoms. The lowest BCUT2D eigenvalue weighted by Crippen LogP contribution is -2.63.